The number of aryl methyl sites for hydroxylation is 2. The molecule has 2 aromatic carbocycles. The predicted molar refractivity (Wildman–Crippen MR) is 116 cm³/mol. The fourth-order valence-electron chi connectivity index (χ4n) is 3.45. The highest BCUT2D eigenvalue weighted by Gasteiger charge is 2.25. The van der Waals surface area contributed by atoms with Crippen molar-refractivity contribution in [2.24, 2.45) is 0 Å². The molecule has 6 heteroatoms. The summed E-state index contributed by atoms with van der Waals surface area (Å²) in [4.78, 5) is 23.0. The molecular weight excluding hydrogens is 370 g/mol. The Morgan fingerprint density at radius 2 is 2.04 bits per heavy atom. The molecule has 1 atom stereocenters. The normalized spacial score (nSPS) is 12.3. The molecule has 148 valence electrons. The number of para-hydroxylation sites is 3. The number of carbonyl (C=O) groups is 1. The lowest BCUT2D eigenvalue weighted by molar-refractivity contribution is -0.116. The van der Waals surface area contributed by atoms with E-state index in [1.165, 1.54) is 17.3 Å². The molecular formula is C22H27N3O2S. The fraction of sp³-hybridized carbons (Fsp3) is 0.364. The van der Waals surface area contributed by atoms with E-state index in [9.17, 15) is 4.79 Å². The summed E-state index contributed by atoms with van der Waals surface area (Å²) in [6.07, 6.45) is 0.872. The molecule has 0 radical (unpaired) electrons. The first-order valence-electron chi connectivity index (χ1n) is 9.52. The minimum atomic E-state index is -0.0554. The van der Waals surface area contributed by atoms with Gasteiger partial charge in [-0.1, -0.05) is 49.0 Å². The number of thioether (sulfide) groups is 1. The maximum atomic E-state index is 13.3. The van der Waals surface area contributed by atoms with Gasteiger partial charge in [-0.25, -0.2) is 4.98 Å². The number of aromatic nitrogens is 2. The summed E-state index contributed by atoms with van der Waals surface area (Å²) in [5, 5.41) is 0.759. The van der Waals surface area contributed by atoms with Crippen molar-refractivity contribution in [1.29, 1.82) is 0 Å². The van der Waals surface area contributed by atoms with E-state index in [-0.39, 0.29) is 11.9 Å². The summed E-state index contributed by atoms with van der Waals surface area (Å²) in [6, 6.07) is 14.0. The molecule has 1 N–H and O–H groups in total. The van der Waals surface area contributed by atoms with Crippen LogP contribution in [0.15, 0.2) is 47.6 Å². The number of hydrogen-bond donors (Lipinski definition) is 1. The number of methoxy groups -OCH3 is 1. The van der Waals surface area contributed by atoms with Crippen LogP contribution in [0.3, 0.4) is 0 Å². The first-order chi connectivity index (χ1) is 13.5. The van der Waals surface area contributed by atoms with Crippen molar-refractivity contribution >= 4 is 34.4 Å². The van der Waals surface area contributed by atoms with Crippen molar-refractivity contribution in [3.8, 4) is 0 Å². The van der Waals surface area contributed by atoms with Gasteiger partial charge in [0.25, 0.3) is 0 Å². The molecule has 0 spiro atoms. The molecule has 0 unspecified atom stereocenters. The van der Waals surface area contributed by atoms with Crippen LogP contribution in [0.4, 0.5) is 5.69 Å². The Morgan fingerprint density at radius 3 is 2.75 bits per heavy atom. The van der Waals surface area contributed by atoms with E-state index in [2.05, 4.69) is 35.9 Å². The number of H-pyrrole nitrogens is 1. The summed E-state index contributed by atoms with van der Waals surface area (Å²) >= 11 is 1.43. The number of imidazole rings is 1. The first kappa shape index (κ1) is 20.4. The monoisotopic (exact) mass is 397 g/mol. The van der Waals surface area contributed by atoms with Gasteiger partial charge in [0.05, 0.1) is 35.1 Å². The van der Waals surface area contributed by atoms with Crippen molar-refractivity contribution in [3.05, 3.63) is 53.6 Å². The summed E-state index contributed by atoms with van der Waals surface area (Å²) < 4.78 is 5.35. The second kappa shape index (κ2) is 9.26. The van der Waals surface area contributed by atoms with Crippen LogP contribution in [-0.4, -0.2) is 41.4 Å². The number of ether oxygens (including phenoxy) is 1. The molecule has 0 bridgehead atoms. The molecule has 1 amide bonds. The molecule has 0 aliphatic heterocycles. The number of hydrogen-bond acceptors (Lipinski definition) is 4. The van der Waals surface area contributed by atoms with E-state index >= 15 is 0 Å². The Bertz CT molecular complexity index is 921. The topological polar surface area (TPSA) is 58.2 Å². The Balaban J connectivity index is 1.84. The Hall–Kier alpha value is -2.31. The number of aromatic amines is 1. The molecule has 5 nitrogen and oxygen atoms in total. The van der Waals surface area contributed by atoms with Crippen LogP contribution >= 0.6 is 11.8 Å². The van der Waals surface area contributed by atoms with Crippen LogP contribution < -0.4 is 4.90 Å². The highest BCUT2D eigenvalue weighted by Crippen LogP contribution is 2.29. The van der Waals surface area contributed by atoms with Gasteiger partial charge in [0.1, 0.15) is 0 Å². The van der Waals surface area contributed by atoms with E-state index in [1.54, 1.807) is 7.11 Å². The molecule has 0 aliphatic carbocycles. The van der Waals surface area contributed by atoms with E-state index < -0.39 is 0 Å². The number of amides is 1. The molecule has 0 saturated carbocycles. The molecule has 0 saturated heterocycles. The van der Waals surface area contributed by atoms with E-state index in [0.29, 0.717) is 12.4 Å². The number of fused-ring (bicyclic) bond motifs is 1. The quantitative estimate of drug-likeness (QED) is 0.565. The SMILES string of the molecule is CCc1cccc(C)c1N(C(=O)CSc1nc2ccccc2[nH]1)[C@@H](C)COC. The molecule has 1 aromatic heterocycles. The Kier molecular flexibility index (Phi) is 6.75. The second-order valence-electron chi connectivity index (χ2n) is 6.85. The summed E-state index contributed by atoms with van der Waals surface area (Å²) in [5.41, 5.74) is 5.17. The standard InChI is InChI=1S/C22H27N3O2S/c1-5-17-10-8-9-15(2)21(17)25(16(3)13-27-4)20(26)14-28-22-23-18-11-6-7-12-19(18)24-22/h6-12,16H,5,13-14H2,1-4H3,(H,23,24)/t16-/m0/s1. The van der Waals surface area contributed by atoms with Crippen LogP contribution in [0.5, 0.6) is 0 Å². The van der Waals surface area contributed by atoms with Crippen molar-refractivity contribution in [3.63, 3.8) is 0 Å². The molecule has 3 aromatic rings. The van der Waals surface area contributed by atoms with Gasteiger partial charge in [0.15, 0.2) is 5.16 Å². The van der Waals surface area contributed by atoms with Crippen LogP contribution in [-0.2, 0) is 16.0 Å². The largest absolute Gasteiger partial charge is 0.383 e. The zero-order chi connectivity index (χ0) is 20.1. The predicted octanol–water partition coefficient (Wildman–Crippen LogP) is 4.59. The highest BCUT2D eigenvalue weighted by molar-refractivity contribution is 7.99. The fourth-order valence-corrected chi connectivity index (χ4v) is 4.20. The molecule has 1 heterocycles. The van der Waals surface area contributed by atoms with Crippen LogP contribution in [0, 0.1) is 6.92 Å². The number of nitrogens with one attached hydrogen (secondary N) is 1. The zero-order valence-electron chi connectivity index (χ0n) is 16.9. The van der Waals surface area contributed by atoms with Gasteiger partial charge >= 0.3 is 0 Å². The van der Waals surface area contributed by atoms with Crippen molar-refractivity contribution in [1.82, 2.24) is 9.97 Å². The van der Waals surface area contributed by atoms with Gasteiger partial charge < -0.3 is 14.6 Å². The average molecular weight is 398 g/mol. The number of anilines is 1. The maximum absolute atomic E-state index is 13.3. The highest BCUT2D eigenvalue weighted by atomic mass is 32.2. The lowest BCUT2D eigenvalue weighted by atomic mass is 10.0. The van der Waals surface area contributed by atoms with E-state index in [4.69, 9.17) is 4.74 Å². The molecule has 28 heavy (non-hydrogen) atoms. The zero-order valence-corrected chi connectivity index (χ0v) is 17.7. The van der Waals surface area contributed by atoms with Gasteiger partial charge in [-0.3, -0.25) is 4.79 Å². The summed E-state index contributed by atoms with van der Waals surface area (Å²) in [6.45, 7) is 6.68. The van der Waals surface area contributed by atoms with Crippen molar-refractivity contribution in [2.75, 3.05) is 24.4 Å². The van der Waals surface area contributed by atoms with Gasteiger partial charge in [0.2, 0.25) is 5.91 Å². The van der Waals surface area contributed by atoms with Gasteiger partial charge in [-0.2, -0.15) is 0 Å². The number of carbonyl (C=O) groups excluding carboxylic acids is 1. The lowest BCUT2D eigenvalue weighted by Gasteiger charge is -2.32. The van der Waals surface area contributed by atoms with Gasteiger partial charge in [0, 0.05) is 7.11 Å². The third kappa shape index (κ3) is 4.39. The Labute approximate surface area is 170 Å². The number of rotatable bonds is 8. The van der Waals surface area contributed by atoms with E-state index in [1.807, 2.05) is 42.2 Å². The molecule has 3 rings (SSSR count). The average Bonchev–Trinajstić information content (AvgIpc) is 3.11. The number of nitrogens with zero attached hydrogens (tertiary/aromatic N) is 2. The summed E-state index contributed by atoms with van der Waals surface area (Å²) in [5.74, 6) is 0.366. The van der Waals surface area contributed by atoms with Gasteiger partial charge in [-0.05, 0) is 43.5 Å². The van der Waals surface area contributed by atoms with Crippen molar-refractivity contribution < 1.29 is 9.53 Å². The minimum absolute atomic E-state index is 0.0546. The van der Waals surface area contributed by atoms with Crippen LogP contribution in [0.2, 0.25) is 0 Å². The summed E-state index contributed by atoms with van der Waals surface area (Å²) in [7, 11) is 1.67. The third-order valence-electron chi connectivity index (χ3n) is 4.76. The van der Waals surface area contributed by atoms with Gasteiger partial charge in [-0.15, -0.1) is 0 Å². The van der Waals surface area contributed by atoms with Crippen molar-refractivity contribution in [2.45, 2.75) is 38.4 Å². The molecule has 0 fully saturated rings. The van der Waals surface area contributed by atoms with Crippen LogP contribution in [0.1, 0.15) is 25.0 Å². The maximum Gasteiger partial charge on any atom is 0.237 e. The second-order valence-corrected chi connectivity index (χ2v) is 7.82. The lowest BCUT2D eigenvalue weighted by Crippen LogP contribution is -2.43. The number of benzene rings is 2. The third-order valence-corrected chi connectivity index (χ3v) is 5.62. The van der Waals surface area contributed by atoms with Crippen LogP contribution in [0.25, 0.3) is 11.0 Å². The Morgan fingerprint density at radius 1 is 1.25 bits per heavy atom. The smallest absolute Gasteiger partial charge is 0.237 e. The minimum Gasteiger partial charge on any atom is -0.383 e. The van der Waals surface area contributed by atoms with E-state index in [0.717, 1.165) is 33.9 Å². The first-order valence-corrected chi connectivity index (χ1v) is 10.5. The molecule has 0 aliphatic rings.